The smallest absolute Gasteiger partial charge is 0.333 e. The first-order chi connectivity index (χ1) is 47.2. The van der Waals surface area contributed by atoms with Gasteiger partial charge in [0.2, 0.25) is 0 Å². The Morgan fingerprint density at radius 1 is 0.179 bits per heavy atom. The van der Waals surface area contributed by atoms with Crippen LogP contribution in [0.3, 0.4) is 0 Å². The van der Waals surface area contributed by atoms with Crippen LogP contribution >= 0.6 is 0 Å². The molecule has 12 bridgehead atoms. The minimum Gasteiger partial charge on any atom is -0.376 e. The van der Waals surface area contributed by atoms with E-state index in [1.807, 2.05) is 0 Å². The van der Waals surface area contributed by atoms with Crippen LogP contribution in [0, 0.1) is 0 Å². The van der Waals surface area contributed by atoms with Crippen LogP contribution in [0.4, 0.5) is 125 Å². The summed E-state index contributed by atoms with van der Waals surface area (Å²) in [6, 6.07) is 121. The highest BCUT2D eigenvalue weighted by Crippen LogP contribution is 2.58. The van der Waals surface area contributed by atoms with Crippen LogP contribution in [0.25, 0.3) is 11.1 Å². The van der Waals surface area contributed by atoms with Gasteiger partial charge < -0.3 is 39.0 Å². The van der Waals surface area contributed by atoms with E-state index in [0.29, 0.717) is 0 Å². The summed E-state index contributed by atoms with van der Waals surface area (Å²) in [4.78, 5) is 20.7. The quantitative estimate of drug-likeness (QED) is 0.152. The second-order valence-corrected chi connectivity index (χ2v) is 26.0. The molecule has 0 saturated heterocycles. The summed E-state index contributed by atoms with van der Waals surface area (Å²) in [7, 11) is 0. The highest BCUT2D eigenvalue weighted by molar-refractivity contribution is 7.05. The summed E-state index contributed by atoms with van der Waals surface area (Å²) in [6.45, 7) is -0.679. The summed E-state index contributed by atoms with van der Waals surface area (Å²) < 4.78 is 0. The number of nitrogens with zero attached hydrogens (tertiary/aromatic N) is 8. The number of fused-ring (bicyclic) bond motifs is 12. The molecule has 95 heavy (non-hydrogen) atoms. The van der Waals surface area contributed by atoms with Crippen LogP contribution in [-0.2, 0) is 0 Å². The Morgan fingerprint density at radius 2 is 0.453 bits per heavy atom. The van der Waals surface area contributed by atoms with Crippen LogP contribution in [-0.4, -0.2) is 20.4 Å². The van der Waals surface area contributed by atoms with Gasteiger partial charge in [-0.05, 0) is 214 Å². The molecule has 0 spiro atoms. The fourth-order valence-electron chi connectivity index (χ4n) is 17.7. The lowest BCUT2D eigenvalue weighted by Crippen LogP contribution is -2.74. The Hall–Kier alpha value is -12.3. The molecular formula is C84H53B3N8. The minimum absolute atomic E-state index is 0.198. The van der Waals surface area contributed by atoms with Gasteiger partial charge in [0.1, 0.15) is 0 Å². The number of para-hydroxylation sites is 6. The fraction of sp³-hybridized carbons (Fsp3) is 0. The number of hydrogen-bond donors (Lipinski definition) is 0. The number of rotatable bonds is 6. The summed E-state index contributed by atoms with van der Waals surface area (Å²) in [5.74, 6) is 0. The van der Waals surface area contributed by atoms with Gasteiger partial charge in [0.25, 0.3) is 6.71 Å². The zero-order valence-corrected chi connectivity index (χ0v) is 51.4. The monoisotopic (exact) mass is 1210 g/mol. The molecule has 8 aliphatic rings. The van der Waals surface area contributed by atoms with Crippen LogP contribution in [0.15, 0.2) is 322 Å². The highest BCUT2D eigenvalue weighted by Gasteiger charge is 2.59. The lowest BCUT2D eigenvalue weighted by Gasteiger charge is -2.57. The van der Waals surface area contributed by atoms with Gasteiger partial charge in [0.15, 0.2) is 0 Å². The third-order valence-corrected chi connectivity index (χ3v) is 21.2. The molecular weight excluding hydrogens is 1150 g/mol. The average Bonchev–Trinajstić information content (AvgIpc) is 0.646. The molecule has 0 radical (unpaired) electrons. The van der Waals surface area contributed by atoms with Gasteiger partial charge in [0, 0.05) is 131 Å². The maximum absolute atomic E-state index is 2.74. The largest absolute Gasteiger partial charge is 0.376 e. The van der Waals surface area contributed by atoms with E-state index in [1.54, 1.807) is 0 Å². The molecule has 11 heteroatoms. The molecule has 14 aromatic carbocycles. The molecule has 0 amide bonds. The van der Waals surface area contributed by atoms with Gasteiger partial charge in [-0.25, -0.2) is 0 Å². The molecule has 8 aliphatic heterocycles. The summed E-state index contributed by atoms with van der Waals surface area (Å²) >= 11 is 0. The van der Waals surface area contributed by atoms with Gasteiger partial charge in [-0.15, -0.1) is 0 Å². The van der Waals surface area contributed by atoms with E-state index >= 15 is 0 Å². The maximum Gasteiger partial charge on any atom is 0.333 e. The zero-order valence-electron chi connectivity index (χ0n) is 51.4. The highest BCUT2D eigenvalue weighted by atomic mass is 15.3. The van der Waals surface area contributed by atoms with Crippen molar-refractivity contribution >= 4 is 184 Å². The SMILES string of the molecule is c1ccc(N2B3c4ccc5cc4N4c6cc(ccc6B6c7ccc8cc7N7c9cc(ccc9B9c%10c(c3c4c6c%107)-c3c2cccc3N9c2ccccc2)N(c2ccccc2)c2cccc(c2)N8c2ccccc2)N(c2ccccc2)c2cccc(c2)N5c2ccccc2)cc1. The first kappa shape index (κ1) is 51.3. The van der Waals surface area contributed by atoms with Gasteiger partial charge in [-0.3, -0.25) is 0 Å². The molecule has 0 unspecified atom stereocenters. The first-order valence-electron chi connectivity index (χ1n) is 33.0. The van der Waals surface area contributed by atoms with Crippen molar-refractivity contribution in [2.75, 3.05) is 39.0 Å². The van der Waals surface area contributed by atoms with E-state index in [0.717, 1.165) is 91.0 Å². The minimum atomic E-state index is -0.240. The molecule has 8 nitrogen and oxygen atoms in total. The fourth-order valence-corrected chi connectivity index (χ4v) is 17.7. The van der Waals surface area contributed by atoms with E-state index in [9.17, 15) is 0 Å². The Kier molecular flexibility index (Phi) is 10.3. The van der Waals surface area contributed by atoms with Crippen molar-refractivity contribution in [3.63, 3.8) is 0 Å². The topological polar surface area (TPSA) is 25.9 Å². The average molecular weight is 1210 g/mol. The standard InChI is InChI=1S/C84H53B3N8/c1-7-22-54(23-8-1)88-60-34-19-36-62(48-60)90(56-26-11-3-12-27-56)66-42-46-70-76(52-66)92-74-50-64(88)40-44-68(74)85-69-45-41-65-51-75(69)93-77-53-67(91(57-28-13-4-14-29-57)63-37-20-35-61(49-63)89(65)55-24-9-2-10-25-55)43-47-71(77)87-81-79-78-72(38-21-39-73(78)95(87)59-32-17-6-18-33-59)94(58-30-15-5-16-31-58)86(70)80(79)83(92)82(85)84(81)93/h1-53H. The number of benzene rings is 14. The molecule has 0 atom stereocenters. The summed E-state index contributed by atoms with van der Waals surface area (Å²) in [5, 5.41) is 0. The van der Waals surface area contributed by atoms with Gasteiger partial charge in [-0.1, -0.05) is 152 Å². The first-order valence-corrected chi connectivity index (χ1v) is 33.0. The van der Waals surface area contributed by atoms with Crippen molar-refractivity contribution in [2.45, 2.75) is 0 Å². The number of hydrogen-bond acceptors (Lipinski definition) is 8. The van der Waals surface area contributed by atoms with Crippen LogP contribution in [0.1, 0.15) is 0 Å². The van der Waals surface area contributed by atoms with E-state index < -0.39 is 0 Å². The van der Waals surface area contributed by atoms with E-state index in [4.69, 9.17) is 0 Å². The van der Waals surface area contributed by atoms with Crippen molar-refractivity contribution in [3.8, 4) is 11.1 Å². The van der Waals surface area contributed by atoms with Gasteiger partial charge in [-0.2, -0.15) is 0 Å². The Bertz CT molecular complexity index is 5250. The summed E-state index contributed by atoms with van der Waals surface area (Å²) in [6.07, 6.45) is 0. The summed E-state index contributed by atoms with van der Waals surface area (Å²) in [5.41, 5.74) is 36.5. The lowest BCUT2D eigenvalue weighted by atomic mass is 9.28. The third kappa shape index (κ3) is 6.92. The number of anilines is 22. The lowest BCUT2D eigenvalue weighted by molar-refractivity contribution is 1.20. The van der Waals surface area contributed by atoms with Crippen molar-refractivity contribution in [1.82, 2.24) is 0 Å². The Morgan fingerprint density at radius 3 is 0.789 bits per heavy atom. The van der Waals surface area contributed by atoms with Crippen LogP contribution < -0.4 is 77.3 Å². The van der Waals surface area contributed by atoms with Crippen LogP contribution in [0.5, 0.6) is 0 Å². The maximum atomic E-state index is 2.74. The molecule has 8 heterocycles. The molecule has 0 saturated carbocycles. The van der Waals surface area contributed by atoms with Gasteiger partial charge in [0.05, 0.1) is 0 Å². The molecule has 14 aromatic rings. The van der Waals surface area contributed by atoms with E-state index in [-0.39, 0.29) is 20.4 Å². The van der Waals surface area contributed by atoms with Crippen molar-refractivity contribution < 1.29 is 0 Å². The molecule has 438 valence electrons. The predicted octanol–water partition coefficient (Wildman–Crippen LogP) is 17.1. The normalized spacial score (nSPS) is 14.5. The Balaban J connectivity index is 0.933. The second-order valence-electron chi connectivity index (χ2n) is 26.0. The van der Waals surface area contributed by atoms with Crippen molar-refractivity contribution in [1.29, 1.82) is 0 Å². The van der Waals surface area contributed by atoms with Crippen molar-refractivity contribution in [2.24, 2.45) is 0 Å². The van der Waals surface area contributed by atoms with E-state index in [1.165, 1.54) is 83.5 Å². The van der Waals surface area contributed by atoms with Crippen molar-refractivity contribution in [3.05, 3.63) is 322 Å². The molecule has 0 fully saturated rings. The molecule has 0 aromatic heterocycles. The zero-order chi connectivity index (χ0) is 61.7. The third-order valence-electron chi connectivity index (χ3n) is 21.2. The predicted molar refractivity (Wildman–Crippen MR) is 399 cm³/mol. The molecule has 22 rings (SSSR count). The molecule has 0 aliphatic carbocycles. The second kappa shape index (κ2) is 19.1. The van der Waals surface area contributed by atoms with E-state index in [2.05, 4.69) is 361 Å². The molecule has 0 N–H and O–H groups in total. The van der Waals surface area contributed by atoms with Crippen LogP contribution in [0.2, 0.25) is 0 Å². The van der Waals surface area contributed by atoms with Gasteiger partial charge >= 0.3 is 13.7 Å². The Labute approximate surface area is 552 Å².